The van der Waals surface area contributed by atoms with Crippen LogP contribution in [-0.4, -0.2) is 29.8 Å². The van der Waals surface area contributed by atoms with Gasteiger partial charge in [0.15, 0.2) is 0 Å². The Bertz CT molecular complexity index is 1140. The first-order valence-electron chi connectivity index (χ1n) is 8.99. The smallest absolute Gasteiger partial charge is 0.220 e. The lowest BCUT2D eigenvalue weighted by atomic mass is 9.92. The molecule has 2 heterocycles. The van der Waals surface area contributed by atoms with Crippen LogP contribution in [0.15, 0.2) is 36.4 Å². The molecule has 0 unspecified atom stereocenters. The van der Waals surface area contributed by atoms with Gasteiger partial charge in [-0.2, -0.15) is 5.26 Å². The summed E-state index contributed by atoms with van der Waals surface area (Å²) in [6.45, 7) is 1.85. The summed E-state index contributed by atoms with van der Waals surface area (Å²) in [5.74, 6) is 0.706. The molecular formula is C21H17BClN5O. The SMILES string of the molecule is [B]c1cc(Cl)c(-c2nc(N)nc3c2CN(Cc2ccccc2C#N)C3)cc1OC. The topological polar surface area (TPSA) is 88.1 Å². The monoisotopic (exact) mass is 401 g/mol. The van der Waals surface area contributed by atoms with E-state index in [2.05, 4.69) is 20.9 Å². The Morgan fingerprint density at radius 1 is 1.28 bits per heavy atom. The molecule has 0 amide bonds. The zero-order valence-corrected chi connectivity index (χ0v) is 16.6. The fraction of sp³-hybridized carbons (Fsp3) is 0.190. The van der Waals surface area contributed by atoms with Gasteiger partial charge in [-0.1, -0.05) is 35.3 Å². The third kappa shape index (κ3) is 3.65. The van der Waals surface area contributed by atoms with E-state index in [1.807, 2.05) is 24.3 Å². The van der Waals surface area contributed by atoms with Gasteiger partial charge in [-0.05, 0) is 23.8 Å². The molecule has 2 N–H and O–H groups in total. The largest absolute Gasteiger partial charge is 0.497 e. The fourth-order valence-corrected chi connectivity index (χ4v) is 3.87. The number of nitrogens with zero attached hydrogens (tertiary/aromatic N) is 4. The predicted molar refractivity (Wildman–Crippen MR) is 113 cm³/mol. The van der Waals surface area contributed by atoms with Crippen LogP contribution in [0.25, 0.3) is 11.3 Å². The van der Waals surface area contributed by atoms with Gasteiger partial charge in [0.1, 0.15) is 13.6 Å². The minimum atomic E-state index is 0.185. The molecule has 0 saturated heterocycles. The molecule has 3 aromatic rings. The number of aromatic nitrogens is 2. The van der Waals surface area contributed by atoms with Gasteiger partial charge >= 0.3 is 0 Å². The highest BCUT2D eigenvalue weighted by Gasteiger charge is 2.27. The molecule has 1 aliphatic rings. The van der Waals surface area contributed by atoms with E-state index in [9.17, 15) is 5.26 Å². The number of hydrogen-bond acceptors (Lipinski definition) is 6. The van der Waals surface area contributed by atoms with Crippen LogP contribution in [0.2, 0.25) is 5.02 Å². The molecule has 29 heavy (non-hydrogen) atoms. The molecule has 2 radical (unpaired) electrons. The molecular weight excluding hydrogens is 385 g/mol. The van der Waals surface area contributed by atoms with Crippen molar-refractivity contribution in [2.45, 2.75) is 19.6 Å². The van der Waals surface area contributed by atoms with E-state index >= 15 is 0 Å². The van der Waals surface area contributed by atoms with Gasteiger partial charge in [-0.3, -0.25) is 4.90 Å². The molecule has 142 valence electrons. The number of methoxy groups -OCH3 is 1. The number of hydrogen-bond donors (Lipinski definition) is 1. The van der Waals surface area contributed by atoms with Crippen LogP contribution >= 0.6 is 11.6 Å². The van der Waals surface area contributed by atoms with Gasteiger partial charge in [0.2, 0.25) is 5.95 Å². The Labute approximate surface area is 175 Å². The first kappa shape index (κ1) is 19.3. The van der Waals surface area contributed by atoms with Crippen molar-refractivity contribution in [2.24, 2.45) is 0 Å². The minimum absolute atomic E-state index is 0.185. The van der Waals surface area contributed by atoms with Crippen LogP contribution in [0.5, 0.6) is 5.75 Å². The first-order valence-corrected chi connectivity index (χ1v) is 9.37. The lowest BCUT2D eigenvalue weighted by molar-refractivity contribution is 0.274. The Morgan fingerprint density at radius 3 is 2.83 bits per heavy atom. The summed E-state index contributed by atoms with van der Waals surface area (Å²) in [4.78, 5) is 11.1. The van der Waals surface area contributed by atoms with E-state index in [-0.39, 0.29) is 5.95 Å². The maximum absolute atomic E-state index is 9.35. The van der Waals surface area contributed by atoms with E-state index in [1.165, 1.54) is 0 Å². The maximum atomic E-state index is 9.35. The number of benzene rings is 2. The Morgan fingerprint density at radius 2 is 2.07 bits per heavy atom. The zero-order chi connectivity index (χ0) is 20.5. The number of ether oxygens (including phenoxy) is 1. The molecule has 2 aromatic carbocycles. The molecule has 8 heteroatoms. The molecule has 0 spiro atoms. The minimum Gasteiger partial charge on any atom is -0.497 e. The van der Waals surface area contributed by atoms with E-state index in [0.717, 1.165) is 16.8 Å². The molecule has 0 saturated carbocycles. The van der Waals surface area contributed by atoms with Crippen molar-refractivity contribution < 1.29 is 4.74 Å². The number of nitrogens with two attached hydrogens (primary N) is 1. The van der Waals surface area contributed by atoms with Crippen LogP contribution in [0, 0.1) is 11.3 Å². The average molecular weight is 402 g/mol. The number of rotatable bonds is 4. The lowest BCUT2D eigenvalue weighted by Gasteiger charge is -2.16. The van der Waals surface area contributed by atoms with Gasteiger partial charge < -0.3 is 10.5 Å². The summed E-state index contributed by atoms with van der Waals surface area (Å²) in [6, 6.07) is 13.2. The van der Waals surface area contributed by atoms with E-state index < -0.39 is 0 Å². The van der Waals surface area contributed by atoms with Crippen LogP contribution in [0.4, 0.5) is 5.95 Å². The quantitative estimate of drug-likeness (QED) is 0.676. The third-order valence-electron chi connectivity index (χ3n) is 4.97. The van der Waals surface area contributed by atoms with Crippen molar-refractivity contribution in [3.63, 3.8) is 0 Å². The number of anilines is 1. The van der Waals surface area contributed by atoms with Crippen LogP contribution in [0.3, 0.4) is 0 Å². The Kier molecular flexibility index (Phi) is 5.14. The standard InChI is InChI=1S/C21H17BClN5O/c1-29-19-6-14(17(23)7-16(19)22)20-15-10-28(11-18(15)26-21(25)27-20)9-13-5-3-2-4-12(13)8-24/h2-7H,9-11H2,1H3,(H2,25,26,27). The Hall–Kier alpha value is -3.08. The second-order valence-corrected chi connectivity index (χ2v) is 7.25. The molecule has 1 aromatic heterocycles. The highest BCUT2D eigenvalue weighted by Crippen LogP contribution is 2.36. The van der Waals surface area contributed by atoms with Crippen molar-refractivity contribution in [3.05, 3.63) is 63.8 Å². The first-order chi connectivity index (χ1) is 14.0. The van der Waals surface area contributed by atoms with E-state index in [4.69, 9.17) is 29.9 Å². The summed E-state index contributed by atoms with van der Waals surface area (Å²) in [6.07, 6.45) is 0. The lowest BCUT2D eigenvalue weighted by Crippen LogP contribution is -2.16. The van der Waals surface area contributed by atoms with Crippen LogP contribution < -0.4 is 15.9 Å². The van der Waals surface area contributed by atoms with Crippen LogP contribution in [0.1, 0.15) is 22.4 Å². The maximum Gasteiger partial charge on any atom is 0.220 e. The number of fused-ring (bicyclic) bond motifs is 1. The molecule has 0 atom stereocenters. The number of halogens is 1. The predicted octanol–water partition coefficient (Wildman–Crippen LogP) is 2.57. The number of nitriles is 1. The summed E-state index contributed by atoms with van der Waals surface area (Å²) in [5, 5.41) is 9.82. The highest BCUT2D eigenvalue weighted by molar-refractivity contribution is 6.39. The van der Waals surface area contributed by atoms with E-state index in [0.29, 0.717) is 52.7 Å². The zero-order valence-electron chi connectivity index (χ0n) is 15.8. The van der Waals surface area contributed by atoms with Crippen molar-refractivity contribution in [2.75, 3.05) is 12.8 Å². The third-order valence-corrected chi connectivity index (χ3v) is 5.28. The highest BCUT2D eigenvalue weighted by atomic mass is 35.5. The molecule has 0 aliphatic carbocycles. The summed E-state index contributed by atoms with van der Waals surface area (Å²) >= 11 is 6.47. The molecule has 0 bridgehead atoms. The summed E-state index contributed by atoms with van der Waals surface area (Å²) in [5.41, 5.74) is 11.3. The van der Waals surface area contributed by atoms with E-state index in [1.54, 1.807) is 19.2 Å². The molecule has 6 nitrogen and oxygen atoms in total. The Balaban J connectivity index is 1.72. The van der Waals surface area contributed by atoms with Crippen molar-refractivity contribution >= 4 is 30.9 Å². The second-order valence-electron chi connectivity index (χ2n) is 6.84. The summed E-state index contributed by atoms with van der Waals surface area (Å²) in [7, 11) is 7.51. The van der Waals surface area contributed by atoms with Crippen LogP contribution in [-0.2, 0) is 19.6 Å². The van der Waals surface area contributed by atoms with Gasteiger partial charge in [0.25, 0.3) is 0 Å². The summed E-state index contributed by atoms with van der Waals surface area (Å²) < 4.78 is 5.34. The van der Waals surface area contributed by atoms with Gasteiger partial charge in [-0.15, -0.1) is 0 Å². The normalized spacial score (nSPS) is 13.1. The molecule has 4 rings (SSSR count). The molecule has 1 aliphatic heterocycles. The second kappa shape index (κ2) is 7.74. The van der Waals surface area contributed by atoms with Crippen molar-refractivity contribution in [3.8, 4) is 23.1 Å². The van der Waals surface area contributed by atoms with Gasteiger partial charge in [0.05, 0.1) is 30.1 Å². The van der Waals surface area contributed by atoms with Gasteiger partial charge in [-0.25, -0.2) is 9.97 Å². The van der Waals surface area contributed by atoms with Crippen molar-refractivity contribution in [1.29, 1.82) is 5.26 Å². The fourth-order valence-electron chi connectivity index (χ4n) is 3.61. The average Bonchev–Trinajstić information content (AvgIpc) is 3.10. The van der Waals surface area contributed by atoms with Crippen molar-refractivity contribution in [1.82, 2.24) is 14.9 Å². The number of nitrogen functional groups attached to an aromatic ring is 1. The van der Waals surface area contributed by atoms with Gasteiger partial charge in [0, 0.05) is 35.8 Å². The molecule has 0 fully saturated rings.